The Bertz CT molecular complexity index is 6070. The zero-order valence-electron chi connectivity index (χ0n) is 58.5. The molecule has 4 aliphatic carbocycles. The molecule has 0 radical (unpaired) electrons. The van der Waals surface area contributed by atoms with Gasteiger partial charge in [0, 0.05) is 39.2 Å². The zero-order chi connectivity index (χ0) is 69.7. The molecule has 3 nitrogen and oxygen atoms in total. The van der Waals surface area contributed by atoms with Crippen LogP contribution in [0.1, 0.15) is 83.5 Å². The van der Waals surface area contributed by atoms with E-state index in [1.807, 2.05) is 0 Å². The number of hydrogen-bond donors (Lipinski definition) is 0. The van der Waals surface area contributed by atoms with Crippen LogP contribution in [0.25, 0.3) is 77.6 Å². The van der Waals surface area contributed by atoms with Gasteiger partial charge in [-0.2, -0.15) is 0 Å². The number of rotatable bonds is 11. The summed E-state index contributed by atoms with van der Waals surface area (Å²) in [5.74, 6) is 0. The summed E-state index contributed by atoms with van der Waals surface area (Å²) in [5.41, 5.74) is 37.6. The summed E-state index contributed by atoms with van der Waals surface area (Å²) >= 11 is 0. The second-order valence-electron chi connectivity index (χ2n) is 29.1. The van der Waals surface area contributed by atoms with Crippen LogP contribution in [-0.4, -0.2) is 0 Å². The number of para-hydroxylation sites is 2. The normalized spacial score (nSPS) is 13.9. The van der Waals surface area contributed by atoms with Gasteiger partial charge in [0.15, 0.2) is 5.58 Å². The molecule has 0 fully saturated rings. The summed E-state index contributed by atoms with van der Waals surface area (Å²) in [5, 5.41) is 2.18. The van der Waals surface area contributed by atoms with E-state index in [0.29, 0.717) is 0 Å². The van der Waals surface area contributed by atoms with Gasteiger partial charge in [-0.05, 0) is 222 Å². The molecule has 17 aromatic rings. The van der Waals surface area contributed by atoms with Gasteiger partial charge in [0.1, 0.15) is 5.58 Å². The van der Waals surface area contributed by atoms with Crippen LogP contribution in [0.2, 0.25) is 0 Å². The molecule has 494 valence electrons. The van der Waals surface area contributed by atoms with Crippen LogP contribution in [-0.2, 0) is 16.2 Å². The van der Waals surface area contributed by atoms with Crippen LogP contribution in [0.15, 0.2) is 374 Å². The average molecular weight is 1340 g/mol. The van der Waals surface area contributed by atoms with Gasteiger partial charge in [-0.1, -0.05) is 308 Å². The first kappa shape index (κ1) is 60.7. The molecule has 0 N–H and O–H groups in total. The predicted molar refractivity (Wildman–Crippen MR) is 434 cm³/mol. The molecule has 4 aliphatic rings. The smallest absolute Gasteiger partial charge is 0.159 e. The van der Waals surface area contributed by atoms with Crippen molar-refractivity contribution >= 4 is 56.1 Å². The number of fused-ring (bicyclic) bond motifs is 19. The highest BCUT2D eigenvalue weighted by Gasteiger charge is 2.53. The minimum atomic E-state index is -0.613. The summed E-state index contributed by atoms with van der Waals surface area (Å²) in [4.78, 5) is 4.94. The van der Waals surface area contributed by atoms with Crippen molar-refractivity contribution in [1.82, 2.24) is 0 Å². The first-order valence-corrected chi connectivity index (χ1v) is 36.7. The lowest BCUT2D eigenvalue weighted by Crippen LogP contribution is -2.29. The Labute approximate surface area is 612 Å². The Morgan fingerprint density at radius 2 is 0.600 bits per heavy atom. The van der Waals surface area contributed by atoms with E-state index in [-0.39, 0.29) is 0 Å². The van der Waals surface area contributed by atoms with Crippen molar-refractivity contribution in [2.24, 2.45) is 0 Å². The van der Waals surface area contributed by atoms with Crippen LogP contribution in [0, 0.1) is 20.8 Å². The third kappa shape index (κ3) is 8.61. The van der Waals surface area contributed by atoms with E-state index in [9.17, 15) is 0 Å². The summed E-state index contributed by atoms with van der Waals surface area (Å²) in [7, 11) is 0. The average Bonchev–Trinajstić information content (AvgIpc) is 1.52. The molecule has 105 heavy (non-hydrogen) atoms. The summed E-state index contributed by atoms with van der Waals surface area (Å²) in [6.07, 6.45) is 0. The third-order valence-electron chi connectivity index (χ3n) is 23.7. The maximum atomic E-state index is 6.95. The van der Waals surface area contributed by atoms with Crippen LogP contribution < -0.4 is 9.80 Å². The first-order chi connectivity index (χ1) is 51.8. The molecule has 0 amide bonds. The van der Waals surface area contributed by atoms with E-state index in [1.165, 1.54) is 122 Å². The molecule has 0 saturated carbocycles. The number of furan rings is 1. The zero-order valence-corrected chi connectivity index (χ0v) is 58.5. The standard InChI is InChI=1S/C102H70N2O/c1-65-43-53-82-84-56-50-76(63-95(84)100(93(82)59-65,69-25-8-4-9-26-69)70-27-10-5-11-28-70)103(77-51-57-85-83-54-44-66(2)60-94(83)101(96(85)64-77,71-29-12-6-13-30-71)72-31-14-7-15-32-72)74-49-55-78(67(3)61-74)68-45-47-73(48-46-68)104(97-41-24-37-87-86-36-19-23-42-98(86)105-99(87)97)75-52-58-92-88(62-75)81-35-18-22-40-91(81)102(92)89-38-20-16-33-79(89)80-34-17-21-39-90(80)102/h4-64H,1-3H3. The van der Waals surface area contributed by atoms with Crippen LogP contribution in [0.4, 0.5) is 34.1 Å². The quantitative estimate of drug-likeness (QED) is 0.129. The van der Waals surface area contributed by atoms with Gasteiger partial charge in [0.05, 0.1) is 21.9 Å². The van der Waals surface area contributed by atoms with Crippen molar-refractivity contribution in [3.05, 3.63) is 454 Å². The number of hydrogen-bond acceptors (Lipinski definition) is 3. The maximum Gasteiger partial charge on any atom is 0.159 e. The van der Waals surface area contributed by atoms with E-state index in [0.717, 1.165) is 72.8 Å². The highest BCUT2D eigenvalue weighted by molar-refractivity contribution is 6.11. The monoisotopic (exact) mass is 1340 g/mol. The van der Waals surface area contributed by atoms with Crippen molar-refractivity contribution in [3.8, 4) is 55.6 Å². The summed E-state index contributed by atoms with van der Waals surface area (Å²) in [6, 6.07) is 139. The van der Waals surface area contributed by atoms with Gasteiger partial charge in [-0.25, -0.2) is 0 Å². The molecule has 3 heteroatoms. The molecular formula is C102H70N2O. The van der Waals surface area contributed by atoms with Crippen molar-refractivity contribution in [3.63, 3.8) is 0 Å². The Hall–Kier alpha value is -13.1. The van der Waals surface area contributed by atoms with Gasteiger partial charge >= 0.3 is 0 Å². The molecular weight excluding hydrogens is 1270 g/mol. The molecule has 1 aromatic heterocycles. The highest BCUT2D eigenvalue weighted by atomic mass is 16.3. The van der Waals surface area contributed by atoms with Gasteiger partial charge in [-0.15, -0.1) is 0 Å². The van der Waals surface area contributed by atoms with Gasteiger partial charge in [0.2, 0.25) is 0 Å². The lowest BCUT2D eigenvalue weighted by Gasteiger charge is -2.36. The molecule has 0 bridgehead atoms. The van der Waals surface area contributed by atoms with E-state index < -0.39 is 16.2 Å². The molecule has 16 aromatic carbocycles. The molecule has 0 saturated heterocycles. The Morgan fingerprint density at radius 3 is 1.10 bits per heavy atom. The minimum Gasteiger partial charge on any atom is -0.454 e. The number of nitrogens with zero attached hydrogens (tertiary/aromatic N) is 2. The van der Waals surface area contributed by atoms with Crippen LogP contribution >= 0.6 is 0 Å². The first-order valence-electron chi connectivity index (χ1n) is 36.7. The number of aryl methyl sites for hydroxylation is 3. The fraction of sp³-hybridized carbons (Fsp3) is 0.0588. The lowest BCUT2D eigenvalue weighted by molar-refractivity contribution is 0.669. The summed E-state index contributed by atoms with van der Waals surface area (Å²) in [6.45, 7) is 6.74. The van der Waals surface area contributed by atoms with Gasteiger partial charge < -0.3 is 14.2 Å². The van der Waals surface area contributed by atoms with Crippen LogP contribution in [0.3, 0.4) is 0 Å². The Morgan fingerprint density at radius 1 is 0.229 bits per heavy atom. The maximum absolute atomic E-state index is 6.95. The van der Waals surface area contributed by atoms with E-state index in [2.05, 4.69) is 401 Å². The largest absolute Gasteiger partial charge is 0.454 e. The van der Waals surface area contributed by atoms with Crippen molar-refractivity contribution in [2.45, 2.75) is 37.0 Å². The second kappa shape index (κ2) is 23.2. The fourth-order valence-corrected chi connectivity index (χ4v) is 19.4. The minimum absolute atomic E-state index is 0.458. The summed E-state index contributed by atoms with van der Waals surface area (Å²) < 4.78 is 6.95. The van der Waals surface area contributed by atoms with Crippen molar-refractivity contribution in [1.29, 1.82) is 0 Å². The molecule has 0 atom stereocenters. The number of benzene rings is 16. The van der Waals surface area contributed by atoms with Crippen molar-refractivity contribution < 1.29 is 4.42 Å². The Balaban J connectivity index is 0.737. The van der Waals surface area contributed by atoms with Gasteiger partial charge in [0.25, 0.3) is 0 Å². The van der Waals surface area contributed by atoms with Crippen LogP contribution in [0.5, 0.6) is 0 Å². The molecule has 1 heterocycles. The third-order valence-corrected chi connectivity index (χ3v) is 23.7. The van der Waals surface area contributed by atoms with E-state index >= 15 is 0 Å². The Kier molecular flexibility index (Phi) is 13.4. The van der Waals surface area contributed by atoms with E-state index in [1.54, 1.807) is 0 Å². The number of anilines is 6. The van der Waals surface area contributed by atoms with Crippen molar-refractivity contribution in [2.75, 3.05) is 9.80 Å². The fourth-order valence-electron chi connectivity index (χ4n) is 19.4. The lowest BCUT2D eigenvalue weighted by atomic mass is 9.67. The van der Waals surface area contributed by atoms with E-state index in [4.69, 9.17) is 4.42 Å². The van der Waals surface area contributed by atoms with Gasteiger partial charge in [-0.3, -0.25) is 0 Å². The molecule has 1 spiro atoms. The molecule has 0 unspecified atom stereocenters. The topological polar surface area (TPSA) is 19.6 Å². The molecule has 21 rings (SSSR count). The SMILES string of the molecule is Cc1ccc2c(c1)C(c1ccccc1)(c1ccccc1)c1cc(N(c3ccc(-c4ccc(N(c5ccc6c(c5)-c5ccccc5C65c6ccccc6-c6ccccc65)c5cccc6c5oc5ccccc56)cc4)c(C)c3)c3ccc4c(c3)C(c3ccccc3)(c3ccccc3)c3cc(C)ccc3-4)ccc1-2. The predicted octanol–water partition coefficient (Wildman–Crippen LogP) is 26.2. The molecule has 0 aliphatic heterocycles. The second-order valence-corrected chi connectivity index (χ2v) is 29.1. The highest BCUT2D eigenvalue weighted by Crippen LogP contribution is 2.65.